The lowest BCUT2D eigenvalue weighted by Gasteiger charge is -2.41. The molecule has 1 aliphatic rings. The topological polar surface area (TPSA) is 217 Å². The molecule has 2 aromatic carbocycles. The maximum Gasteiger partial charge on any atom is 0.303 e. The van der Waals surface area contributed by atoms with Crippen molar-refractivity contribution in [1.82, 2.24) is 0 Å². The first kappa shape index (κ1) is 25.1. The van der Waals surface area contributed by atoms with E-state index in [9.17, 15) is 45.3 Å². The fraction of sp³-hybridized carbons (Fsp3) is 0.304. The Morgan fingerprint density at radius 1 is 1.00 bits per heavy atom. The summed E-state index contributed by atoms with van der Waals surface area (Å²) in [5.74, 6) is -4.03. The van der Waals surface area contributed by atoms with Gasteiger partial charge in [-0.2, -0.15) is 0 Å². The SMILES string of the molecule is CC(=O)OC1[C@H](Oc2c(-c3ccc(O)c(O)c3)oc3cc(O)cc(O)c3c2=O)OC(CO)[C@H](O)[C@@H]1O. The average molecular weight is 506 g/mol. The Hall–Kier alpha value is -4.04. The third-order valence-electron chi connectivity index (χ3n) is 5.52. The highest BCUT2D eigenvalue weighted by atomic mass is 16.7. The molecular weight excluding hydrogens is 484 g/mol. The van der Waals surface area contributed by atoms with Crippen LogP contribution in [-0.4, -0.2) is 79.0 Å². The molecule has 2 unspecified atom stereocenters. The van der Waals surface area contributed by atoms with Gasteiger partial charge in [0.15, 0.2) is 23.4 Å². The summed E-state index contributed by atoms with van der Waals surface area (Å²) in [6.45, 7) is 0.254. The van der Waals surface area contributed by atoms with Gasteiger partial charge in [-0.15, -0.1) is 0 Å². The Morgan fingerprint density at radius 2 is 1.72 bits per heavy atom. The van der Waals surface area contributed by atoms with Crippen molar-refractivity contribution < 1.29 is 59.2 Å². The highest BCUT2D eigenvalue weighted by Gasteiger charge is 2.48. The Morgan fingerprint density at radius 3 is 2.36 bits per heavy atom. The summed E-state index contributed by atoms with van der Waals surface area (Å²) in [5.41, 5.74) is -1.25. The van der Waals surface area contributed by atoms with Crippen LogP contribution in [-0.2, 0) is 14.3 Å². The zero-order valence-corrected chi connectivity index (χ0v) is 18.6. The molecule has 36 heavy (non-hydrogen) atoms. The minimum atomic E-state index is -1.79. The number of carbonyl (C=O) groups is 1. The molecular formula is C23H22O13. The van der Waals surface area contributed by atoms with Crippen molar-refractivity contribution in [3.63, 3.8) is 0 Å². The Kier molecular flexibility index (Phi) is 6.65. The second-order valence-corrected chi connectivity index (χ2v) is 8.03. The fourth-order valence-corrected chi connectivity index (χ4v) is 3.81. The molecule has 1 aromatic heterocycles. The van der Waals surface area contributed by atoms with Crippen LogP contribution in [0, 0.1) is 0 Å². The number of aliphatic hydroxyl groups is 3. The summed E-state index contributed by atoms with van der Waals surface area (Å²) >= 11 is 0. The Balaban J connectivity index is 1.92. The zero-order chi connectivity index (χ0) is 26.3. The van der Waals surface area contributed by atoms with Crippen molar-refractivity contribution in [1.29, 1.82) is 0 Å². The number of benzene rings is 2. The van der Waals surface area contributed by atoms with Crippen LogP contribution in [0.25, 0.3) is 22.3 Å². The van der Waals surface area contributed by atoms with Crippen LogP contribution in [0.5, 0.6) is 28.7 Å². The van der Waals surface area contributed by atoms with Crippen molar-refractivity contribution in [2.75, 3.05) is 6.61 Å². The third-order valence-corrected chi connectivity index (χ3v) is 5.52. The van der Waals surface area contributed by atoms with Gasteiger partial charge in [0.25, 0.3) is 0 Å². The van der Waals surface area contributed by atoms with E-state index in [0.717, 1.165) is 31.2 Å². The van der Waals surface area contributed by atoms with Crippen LogP contribution >= 0.6 is 0 Å². The zero-order valence-electron chi connectivity index (χ0n) is 18.6. The summed E-state index contributed by atoms with van der Waals surface area (Å²) < 4.78 is 21.9. The van der Waals surface area contributed by atoms with E-state index < -0.39 is 82.8 Å². The van der Waals surface area contributed by atoms with Crippen molar-refractivity contribution in [2.45, 2.75) is 37.6 Å². The first-order valence-electron chi connectivity index (χ1n) is 10.5. The molecule has 0 spiro atoms. The smallest absolute Gasteiger partial charge is 0.303 e. The number of ether oxygens (including phenoxy) is 3. The lowest BCUT2D eigenvalue weighted by molar-refractivity contribution is -0.282. The van der Waals surface area contributed by atoms with Crippen molar-refractivity contribution in [2.24, 2.45) is 0 Å². The molecule has 0 aliphatic carbocycles. The van der Waals surface area contributed by atoms with E-state index >= 15 is 0 Å². The standard InChI is InChI=1S/C23H22O13/c1-8(25)33-22-19(32)17(30)15(7-24)35-23(22)36-21-18(31)16-13(29)5-10(26)6-14(16)34-20(21)9-2-3-11(27)12(28)4-9/h2-6,15,17,19,22-24,26-30,32H,7H2,1H3/t15?,17-,19-,22?,23-/m0/s1. The number of phenolic OH excluding ortho intramolecular Hbond substituents is 4. The van der Waals surface area contributed by atoms with E-state index in [0.29, 0.717) is 0 Å². The van der Waals surface area contributed by atoms with E-state index in [2.05, 4.69) is 0 Å². The summed E-state index contributed by atoms with van der Waals surface area (Å²) in [7, 11) is 0. The molecule has 0 saturated carbocycles. The minimum Gasteiger partial charge on any atom is -0.508 e. The van der Waals surface area contributed by atoms with Gasteiger partial charge in [0.1, 0.15) is 40.8 Å². The van der Waals surface area contributed by atoms with Crippen LogP contribution in [0.3, 0.4) is 0 Å². The lowest BCUT2D eigenvalue weighted by Crippen LogP contribution is -2.61. The maximum absolute atomic E-state index is 13.4. The quantitative estimate of drug-likeness (QED) is 0.180. The molecule has 5 atom stereocenters. The number of hydrogen-bond acceptors (Lipinski definition) is 13. The van der Waals surface area contributed by atoms with Crippen LogP contribution in [0.15, 0.2) is 39.5 Å². The van der Waals surface area contributed by atoms with Gasteiger partial charge in [-0.3, -0.25) is 9.59 Å². The van der Waals surface area contributed by atoms with Gasteiger partial charge in [-0.1, -0.05) is 0 Å². The van der Waals surface area contributed by atoms with Crippen molar-refractivity contribution >= 4 is 16.9 Å². The van der Waals surface area contributed by atoms with Crippen LogP contribution < -0.4 is 10.2 Å². The van der Waals surface area contributed by atoms with Crippen LogP contribution in [0.1, 0.15) is 6.92 Å². The van der Waals surface area contributed by atoms with Gasteiger partial charge in [0.05, 0.1) is 6.61 Å². The fourth-order valence-electron chi connectivity index (χ4n) is 3.81. The number of carbonyl (C=O) groups excluding carboxylic acids is 1. The second kappa shape index (κ2) is 9.54. The molecule has 13 nitrogen and oxygen atoms in total. The highest BCUT2D eigenvalue weighted by molar-refractivity contribution is 5.88. The van der Waals surface area contributed by atoms with E-state index in [-0.39, 0.29) is 16.9 Å². The summed E-state index contributed by atoms with van der Waals surface area (Å²) in [6, 6.07) is 5.32. The first-order chi connectivity index (χ1) is 17.0. The number of aliphatic hydroxyl groups excluding tert-OH is 3. The summed E-state index contributed by atoms with van der Waals surface area (Å²) in [6.07, 6.45) is -8.27. The third kappa shape index (κ3) is 4.47. The predicted octanol–water partition coefficient (Wildman–Crippen LogP) is 0.0319. The van der Waals surface area contributed by atoms with Gasteiger partial charge in [0.2, 0.25) is 17.5 Å². The van der Waals surface area contributed by atoms with E-state index in [4.69, 9.17) is 18.6 Å². The molecule has 3 aromatic rings. The van der Waals surface area contributed by atoms with Gasteiger partial charge in [0, 0.05) is 24.6 Å². The maximum atomic E-state index is 13.4. The molecule has 1 aliphatic heterocycles. The van der Waals surface area contributed by atoms with Crippen LogP contribution in [0.4, 0.5) is 0 Å². The molecule has 1 saturated heterocycles. The lowest BCUT2D eigenvalue weighted by atomic mass is 9.99. The van der Waals surface area contributed by atoms with Crippen molar-refractivity contribution in [3.05, 3.63) is 40.6 Å². The number of fused-ring (bicyclic) bond motifs is 1. The van der Waals surface area contributed by atoms with E-state index in [1.807, 2.05) is 0 Å². The minimum absolute atomic E-state index is 0.00118. The van der Waals surface area contributed by atoms with Crippen LogP contribution in [0.2, 0.25) is 0 Å². The normalized spacial score (nSPS) is 23.9. The molecule has 1 fully saturated rings. The van der Waals surface area contributed by atoms with Gasteiger partial charge < -0.3 is 54.4 Å². The number of phenols is 4. The van der Waals surface area contributed by atoms with Gasteiger partial charge in [-0.25, -0.2) is 0 Å². The largest absolute Gasteiger partial charge is 0.508 e. The summed E-state index contributed by atoms with van der Waals surface area (Å²) in [4.78, 5) is 25.1. The Bertz CT molecular complexity index is 1360. The van der Waals surface area contributed by atoms with Gasteiger partial charge in [-0.05, 0) is 18.2 Å². The summed E-state index contributed by atoms with van der Waals surface area (Å²) in [5, 5.41) is 69.5. The Labute approximate surface area is 201 Å². The number of hydrogen-bond donors (Lipinski definition) is 7. The molecule has 0 radical (unpaired) electrons. The van der Waals surface area contributed by atoms with E-state index in [1.54, 1.807) is 0 Å². The monoisotopic (exact) mass is 506 g/mol. The molecule has 192 valence electrons. The second-order valence-electron chi connectivity index (χ2n) is 8.03. The molecule has 4 rings (SSSR count). The van der Waals surface area contributed by atoms with E-state index in [1.165, 1.54) is 6.07 Å². The predicted molar refractivity (Wildman–Crippen MR) is 119 cm³/mol. The molecule has 0 amide bonds. The average Bonchev–Trinajstić information content (AvgIpc) is 2.81. The van der Waals surface area contributed by atoms with Crippen molar-refractivity contribution in [3.8, 4) is 40.1 Å². The number of rotatable bonds is 5. The van der Waals surface area contributed by atoms with Gasteiger partial charge >= 0.3 is 5.97 Å². The number of aromatic hydroxyl groups is 4. The number of esters is 1. The molecule has 13 heteroatoms. The molecule has 7 N–H and O–H groups in total. The first-order valence-corrected chi connectivity index (χ1v) is 10.5. The molecule has 0 bridgehead atoms. The molecule has 2 heterocycles. The highest BCUT2D eigenvalue weighted by Crippen LogP contribution is 2.39.